The van der Waals surface area contributed by atoms with Crippen molar-refractivity contribution in [2.24, 2.45) is 0 Å². The van der Waals surface area contributed by atoms with E-state index in [-0.39, 0.29) is 29.8 Å². The third-order valence-corrected chi connectivity index (χ3v) is 6.48. The van der Waals surface area contributed by atoms with E-state index in [0.29, 0.717) is 33.5 Å². The highest BCUT2D eigenvalue weighted by molar-refractivity contribution is 6.30. The number of amides is 2. The van der Waals surface area contributed by atoms with Crippen LogP contribution < -0.4 is 31.9 Å². The molecule has 5 aromatic rings. The Balaban J connectivity index is 1.29. The lowest BCUT2D eigenvalue weighted by molar-refractivity contribution is -0.114. The summed E-state index contributed by atoms with van der Waals surface area (Å²) >= 11 is 5.96. The summed E-state index contributed by atoms with van der Waals surface area (Å²) in [7, 11) is 0. The average molecular weight is 612 g/mol. The Morgan fingerprint density at radius 3 is 2.34 bits per heavy atom. The molecule has 0 aliphatic rings. The Morgan fingerprint density at radius 1 is 0.909 bits per heavy atom. The van der Waals surface area contributed by atoms with Gasteiger partial charge in [-0.1, -0.05) is 17.7 Å². The molecule has 12 nitrogen and oxygen atoms in total. The van der Waals surface area contributed by atoms with E-state index < -0.39 is 17.2 Å². The van der Waals surface area contributed by atoms with Gasteiger partial charge in [-0.05, 0) is 73.7 Å². The molecule has 2 aromatic heterocycles. The zero-order valence-corrected chi connectivity index (χ0v) is 24.3. The van der Waals surface area contributed by atoms with Crippen LogP contribution in [0.4, 0.5) is 23.0 Å². The summed E-state index contributed by atoms with van der Waals surface area (Å²) in [5.74, 6) is 0.123. The van der Waals surface area contributed by atoms with Crippen LogP contribution in [0.25, 0.3) is 5.69 Å². The second-order valence-corrected chi connectivity index (χ2v) is 9.85. The number of halogens is 1. The molecule has 0 radical (unpaired) electrons. The number of anilines is 4. The van der Waals surface area contributed by atoms with Gasteiger partial charge in [0.15, 0.2) is 0 Å². The van der Waals surface area contributed by atoms with Crippen LogP contribution >= 0.6 is 11.6 Å². The van der Waals surface area contributed by atoms with Gasteiger partial charge >= 0.3 is 5.69 Å². The summed E-state index contributed by atoms with van der Waals surface area (Å²) in [5.41, 5.74) is 0.464. The van der Waals surface area contributed by atoms with Crippen molar-refractivity contribution in [3.63, 3.8) is 0 Å². The van der Waals surface area contributed by atoms with Crippen LogP contribution in [-0.4, -0.2) is 30.9 Å². The van der Waals surface area contributed by atoms with Crippen molar-refractivity contribution in [2.75, 3.05) is 16.0 Å². The average Bonchev–Trinajstić information content (AvgIpc) is 2.99. The van der Waals surface area contributed by atoms with Crippen LogP contribution in [0.1, 0.15) is 24.2 Å². The van der Waals surface area contributed by atoms with E-state index in [1.165, 1.54) is 36.0 Å². The largest absolute Gasteiger partial charge is 0.439 e. The number of carbonyl (C=O) groups excluding carboxylic acids is 2. The summed E-state index contributed by atoms with van der Waals surface area (Å²) in [6.07, 6.45) is 2.78. The minimum absolute atomic E-state index is 0.181. The van der Waals surface area contributed by atoms with Gasteiger partial charge in [0.25, 0.3) is 11.5 Å². The van der Waals surface area contributed by atoms with Gasteiger partial charge in [0.1, 0.15) is 11.3 Å². The molecule has 2 heterocycles. The van der Waals surface area contributed by atoms with Gasteiger partial charge in [-0.15, -0.1) is 0 Å². The molecule has 0 aliphatic heterocycles. The van der Waals surface area contributed by atoms with Gasteiger partial charge < -0.3 is 20.7 Å². The van der Waals surface area contributed by atoms with Crippen LogP contribution in [0, 0.1) is 0 Å². The summed E-state index contributed by atoms with van der Waals surface area (Å²) in [6.45, 7) is 3.42. The van der Waals surface area contributed by atoms with Gasteiger partial charge in [0.2, 0.25) is 17.7 Å². The lowest BCUT2D eigenvalue weighted by Gasteiger charge is -2.13. The zero-order chi connectivity index (χ0) is 31.2. The smallest absolute Gasteiger partial charge is 0.335 e. The number of aromatic nitrogens is 4. The van der Waals surface area contributed by atoms with Gasteiger partial charge in [-0.2, -0.15) is 4.98 Å². The molecule has 0 aliphatic carbocycles. The highest BCUT2D eigenvalue weighted by Crippen LogP contribution is 2.24. The molecule has 13 heteroatoms. The number of hydrogen-bond acceptors (Lipinski definition) is 8. The summed E-state index contributed by atoms with van der Waals surface area (Å²) < 4.78 is 8.08. The maximum atomic E-state index is 13.2. The first-order valence-electron chi connectivity index (χ1n) is 13.4. The maximum Gasteiger partial charge on any atom is 0.335 e. The lowest BCUT2D eigenvalue weighted by atomic mass is 10.2. The predicted octanol–water partition coefficient (Wildman–Crippen LogP) is 5.21. The van der Waals surface area contributed by atoms with Crippen molar-refractivity contribution in [3.8, 4) is 17.3 Å². The van der Waals surface area contributed by atoms with Gasteiger partial charge in [0, 0.05) is 54.0 Å². The van der Waals surface area contributed by atoms with Crippen LogP contribution in [0.3, 0.4) is 0 Å². The van der Waals surface area contributed by atoms with E-state index in [9.17, 15) is 19.2 Å². The fourth-order valence-corrected chi connectivity index (χ4v) is 4.32. The molecular formula is C31H26ClN7O5. The van der Waals surface area contributed by atoms with Crippen molar-refractivity contribution in [1.82, 2.24) is 19.1 Å². The SMILES string of the molecule is CCn1cc(C(=O)Nc2ccc(Oc3ccnc(Nc4cccc(NC(C)=O)c4)n3)cc2)c(=O)n(-c2ccc(Cl)cc2)c1=O. The number of benzene rings is 3. The van der Waals surface area contributed by atoms with Crippen LogP contribution in [0.15, 0.2) is 101 Å². The topological polar surface area (TPSA) is 149 Å². The second-order valence-electron chi connectivity index (χ2n) is 9.41. The van der Waals surface area contributed by atoms with E-state index in [2.05, 4.69) is 25.9 Å². The number of nitrogens with zero attached hydrogens (tertiary/aromatic N) is 4. The van der Waals surface area contributed by atoms with Crippen molar-refractivity contribution in [1.29, 1.82) is 0 Å². The molecule has 0 spiro atoms. The molecule has 5 rings (SSSR count). The molecule has 3 N–H and O–H groups in total. The normalized spacial score (nSPS) is 10.6. The number of ether oxygens (including phenoxy) is 1. The van der Waals surface area contributed by atoms with Crippen LogP contribution in [-0.2, 0) is 11.3 Å². The van der Waals surface area contributed by atoms with E-state index in [4.69, 9.17) is 16.3 Å². The van der Waals surface area contributed by atoms with E-state index in [1.54, 1.807) is 73.7 Å². The first kappa shape index (κ1) is 29.7. The highest BCUT2D eigenvalue weighted by atomic mass is 35.5. The third kappa shape index (κ3) is 6.99. The van der Waals surface area contributed by atoms with Gasteiger partial charge in [-0.3, -0.25) is 19.0 Å². The standard InChI is InChI=1S/C31H26ClN7O5/c1-3-38-18-26(29(42)39(31(38)43)24-11-7-20(32)8-12-24)28(41)35-21-9-13-25(14-10-21)44-27-15-16-33-30(37-27)36-23-6-4-5-22(17-23)34-19(2)40/h4-18H,3H2,1-2H3,(H,34,40)(H,35,41)(H,33,36,37). The summed E-state index contributed by atoms with van der Waals surface area (Å²) in [6, 6.07) is 21.3. The van der Waals surface area contributed by atoms with E-state index in [0.717, 1.165) is 4.57 Å². The molecule has 2 amide bonds. The van der Waals surface area contributed by atoms with Crippen molar-refractivity contribution in [2.45, 2.75) is 20.4 Å². The Morgan fingerprint density at radius 2 is 1.64 bits per heavy atom. The molecule has 44 heavy (non-hydrogen) atoms. The molecule has 222 valence electrons. The van der Waals surface area contributed by atoms with Crippen LogP contribution in [0.5, 0.6) is 11.6 Å². The van der Waals surface area contributed by atoms with Crippen molar-refractivity contribution >= 4 is 46.4 Å². The third-order valence-electron chi connectivity index (χ3n) is 6.23. The number of rotatable bonds is 9. The Hall–Kier alpha value is -5.75. The highest BCUT2D eigenvalue weighted by Gasteiger charge is 2.18. The first-order valence-corrected chi connectivity index (χ1v) is 13.8. The number of hydrogen-bond donors (Lipinski definition) is 3. The van der Waals surface area contributed by atoms with Gasteiger partial charge in [-0.25, -0.2) is 14.3 Å². The molecule has 0 saturated heterocycles. The fraction of sp³-hybridized carbons (Fsp3) is 0.0968. The van der Waals surface area contributed by atoms with Gasteiger partial charge in [0.05, 0.1) is 5.69 Å². The minimum Gasteiger partial charge on any atom is -0.439 e. The summed E-state index contributed by atoms with van der Waals surface area (Å²) in [4.78, 5) is 59.2. The maximum absolute atomic E-state index is 13.2. The first-order chi connectivity index (χ1) is 21.2. The molecule has 0 fully saturated rings. The number of aryl methyl sites for hydroxylation is 1. The Kier molecular flexibility index (Phi) is 8.82. The van der Waals surface area contributed by atoms with Crippen LogP contribution in [0.2, 0.25) is 5.02 Å². The Bertz CT molecular complexity index is 1950. The molecule has 0 unspecified atom stereocenters. The monoisotopic (exact) mass is 611 g/mol. The van der Waals surface area contributed by atoms with Crippen molar-refractivity contribution in [3.05, 3.63) is 123 Å². The van der Waals surface area contributed by atoms with E-state index in [1.807, 2.05) is 0 Å². The summed E-state index contributed by atoms with van der Waals surface area (Å²) in [5, 5.41) is 8.92. The predicted molar refractivity (Wildman–Crippen MR) is 168 cm³/mol. The fourth-order valence-electron chi connectivity index (χ4n) is 4.19. The Labute approximate surface area is 255 Å². The minimum atomic E-state index is -0.755. The number of carbonyl (C=O) groups is 2. The second kappa shape index (κ2) is 13.0. The molecule has 0 bridgehead atoms. The lowest BCUT2D eigenvalue weighted by Crippen LogP contribution is -2.42. The molecular weight excluding hydrogens is 586 g/mol. The quantitative estimate of drug-likeness (QED) is 0.206. The molecule has 3 aromatic carbocycles. The number of nitrogens with one attached hydrogen (secondary N) is 3. The molecule has 0 atom stereocenters. The van der Waals surface area contributed by atoms with E-state index >= 15 is 0 Å². The van der Waals surface area contributed by atoms with Crippen molar-refractivity contribution < 1.29 is 14.3 Å². The zero-order valence-electron chi connectivity index (χ0n) is 23.6. The molecule has 0 saturated carbocycles.